The molecule has 0 spiro atoms. The summed E-state index contributed by atoms with van der Waals surface area (Å²) >= 11 is 6.35. The van der Waals surface area contributed by atoms with E-state index in [0.29, 0.717) is 16.9 Å². The monoisotopic (exact) mass is 247 g/mol. The highest BCUT2D eigenvalue weighted by molar-refractivity contribution is 7.73. The molecule has 0 radical (unpaired) electrons. The Labute approximate surface area is 96.8 Å². The van der Waals surface area contributed by atoms with Crippen molar-refractivity contribution in [2.24, 2.45) is 0 Å². The van der Waals surface area contributed by atoms with Crippen LogP contribution in [0.25, 0.3) is 0 Å². The van der Waals surface area contributed by atoms with Crippen LogP contribution in [-0.4, -0.2) is 20.7 Å². The number of aromatic hydroxyl groups is 1. The first-order valence-corrected chi connectivity index (χ1v) is 5.99. The molecule has 1 aromatic heterocycles. The quantitative estimate of drug-likeness (QED) is 0.599. The van der Waals surface area contributed by atoms with Crippen LogP contribution in [0.3, 0.4) is 0 Å². The molecule has 0 atom stereocenters. The van der Waals surface area contributed by atoms with E-state index in [-0.39, 0.29) is 12.3 Å². The highest BCUT2D eigenvalue weighted by atomic mass is 32.1. The summed E-state index contributed by atoms with van der Waals surface area (Å²) in [4.78, 5) is 10.2. The summed E-state index contributed by atoms with van der Waals surface area (Å²) in [6, 6.07) is 0. The Bertz CT molecular complexity index is 383. The van der Waals surface area contributed by atoms with Gasteiger partial charge in [0, 0.05) is 13.0 Å². The van der Waals surface area contributed by atoms with Gasteiger partial charge in [-0.2, -0.15) is 0 Å². The number of hydrogen-bond donors (Lipinski definition) is 2. The first kappa shape index (κ1) is 12.2. The Morgan fingerprint density at radius 2 is 2.20 bits per heavy atom. The van der Waals surface area contributed by atoms with Gasteiger partial charge in [-0.25, -0.2) is 0 Å². The van der Waals surface area contributed by atoms with E-state index in [1.807, 2.05) is 0 Å². The van der Waals surface area contributed by atoms with Gasteiger partial charge in [0.15, 0.2) is 3.95 Å². The van der Waals surface area contributed by atoms with Gasteiger partial charge >= 0.3 is 5.97 Å². The average Bonchev–Trinajstić information content (AvgIpc) is 2.47. The number of aliphatic carboxylic acids is 1. The van der Waals surface area contributed by atoms with Crippen molar-refractivity contribution in [1.29, 1.82) is 0 Å². The van der Waals surface area contributed by atoms with E-state index in [4.69, 9.17) is 17.3 Å². The molecule has 84 valence electrons. The molecule has 4 nitrogen and oxygen atoms in total. The number of carboxylic acid groups (broad SMARTS) is 1. The molecule has 0 saturated heterocycles. The third-order valence-corrected chi connectivity index (χ3v) is 3.29. The van der Waals surface area contributed by atoms with Gasteiger partial charge in [-0.1, -0.05) is 6.42 Å². The number of unbranched alkanes of at least 4 members (excludes halogenated alkanes) is 2. The van der Waals surface area contributed by atoms with E-state index in [1.165, 1.54) is 11.3 Å². The van der Waals surface area contributed by atoms with Crippen molar-refractivity contribution in [2.45, 2.75) is 32.2 Å². The molecule has 0 saturated carbocycles. The largest absolute Gasteiger partial charge is 0.494 e. The van der Waals surface area contributed by atoms with Crippen molar-refractivity contribution in [1.82, 2.24) is 4.57 Å². The molecule has 0 aliphatic carbocycles. The summed E-state index contributed by atoms with van der Waals surface area (Å²) in [5, 5.41) is 19.4. The van der Waals surface area contributed by atoms with Gasteiger partial charge in [0.2, 0.25) is 5.88 Å². The molecule has 0 aromatic carbocycles. The first-order chi connectivity index (χ1) is 7.11. The summed E-state index contributed by atoms with van der Waals surface area (Å²) in [6.07, 6.45) is 2.56. The van der Waals surface area contributed by atoms with E-state index in [0.717, 1.165) is 12.8 Å². The molecule has 1 aromatic rings. The average molecular weight is 247 g/mol. The zero-order valence-electron chi connectivity index (χ0n) is 8.18. The van der Waals surface area contributed by atoms with Crippen LogP contribution in [0, 0.1) is 3.95 Å². The fourth-order valence-corrected chi connectivity index (χ4v) is 2.23. The fraction of sp³-hybridized carbons (Fsp3) is 0.556. The van der Waals surface area contributed by atoms with Crippen LogP contribution in [0.4, 0.5) is 0 Å². The van der Waals surface area contributed by atoms with Crippen LogP contribution in [0.15, 0.2) is 5.38 Å². The lowest BCUT2D eigenvalue weighted by Gasteiger charge is -2.03. The second-order valence-electron chi connectivity index (χ2n) is 3.22. The Morgan fingerprint density at radius 3 is 2.73 bits per heavy atom. The smallest absolute Gasteiger partial charge is 0.303 e. The Kier molecular flexibility index (Phi) is 4.77. The zero-order valence-corrected chi connectivity index (χ0v) is 9.81. The van der Waals surface area contributed by atoms with Crippen molar-refractivity contribution in [2.75, 3.05) is 0 Å². The van der Waals surface area contributed by atoms with Gasteiger partial charge in [0.1, 0.15) is 0 Å². The molecule has 0 aliphatic rings. The van der Waals surface area contributed by atoms with Gasteiger partial charge < -0.3 is 10.2 Å². The fourth-order valence-electron chi connectivity index (χ4n) is 1.25. The lowest BCUT2D eigenvalue weighted by atomic mass is 10.2. The molecule has 6 heteroatoms. The molecular weight excluding hydrogens is 234 g/mol. The van der Waals surface area contributed by atoms with E-state index >= 15 is 0 Å². The molecule has 2 N–H and O–H groups in total. The van der Waals surface area contributed by atoms with E-state index in [2.05, 4.69) is 0 Å². The van der Waals surface area contributed by atoms with E-state index < -0.39 is 5.97 Å². The van der Waals surface area contributed by atoms with E-state index in [9.17, 15) is 9.90 Å². The molecule has 0 bridgehead atoms. The summed E-state index contributed by atoms with van der Waals surface area (Å²) in [5.41, 5.74) is 0. The van der Waals surface area contributed by atoms with Crippen LogP contribution in [0.1, 0.15) is 25.7 Å². The molecule has 0 unspecified atom stereocenters. The SMILES string of the molecule is O=C(O)CCCCCn1c(O)csc1=S. The van der Waals surface area contributed by atoms with Gasteiger partial charge in [-0.3, -0.25) is 9.36 Å². The van der Waals surface area contributed by atoms with Crippen molar-refractivity contribution < 1.29 is 15.0 Å². The van der Waals surface area contributed by atoms with Crippen LogP contribution in [0.2, 0.25) is 0 Å². The Balaban J connectivity index is 2.26. The number of carbonyl (C=O) groups is 1. The number of nitrogens with zero attached hydrogens (tertiary/aromatic N) is 1. The predicted molar refractivity (Wildman–Crippen MR) is 60.9 cm³/mol. The summed E-state index contributed by atoms with van der Waals surface area (Å²) in [6.45, 7) is 0.661. The molecule has 15 heavy (non-hydrogen) atoms. The number of aromatic nitrogens is 1. The first-order valence-electron chi connectivity index (χ1n) is 4.70. The molecule has 0 fully saturated rings. The van der Waals surface area contributed by atoms with E-state index in [1.54, 1.807) is 9.95 Å². The number of thiazole rings is 1. The molecule has 1 rings (SSSR count). The third kappa shape index (κ3) is 4.01. The number of rotatable bonds is 6. The van der Waals surface area contributed by atoms with Crippen LogP contribution >= 0.6 is 23.6 Å². The van der Waals surface area contributed by atoms with Gasteiger partial charge in [0.05, 0.1) is 5.38 Å². The minimum Gasteiger partial charge on any atom is -0.494 e. The minimum absolute atomic E-state index is 0.197. The highest BCUT2D eigenvalue weighted by Crippen LogP contribution is 2.18. The summed E-state index contributed by atoms with van der Waals surface area (Å²) in [7, 11) is 0. The van der Waals surface area contributed by atoms with Gasteiger partial charge in [-0.05, 0) is 25.1 Å². The topological polar surface area (TPSA) is 62.5 Å². The zero-order chi connectivity index (χ0) is 11.3. The normalized spacial score (nSPS) is 10.4. The minimum atomic E-state index is -0.759. The Morgan fingerprint density at radius 1 is 1.47 bits per heavy atom. The van der Waals surface area contributed by atoms with Gasteiger partial charge in [-0.15, -0.1) is 11.3 Å². The molecule has 1 heterocycles. The van der Waals surface area contributed by atoms with Gasteiger partial charge in [0.25, 0.3) is 0 Å². The third-order valence-electron chi connectivity index (χ3n) is 2.03. The van der Waals surface area contributed by atoms with Crippen LogP contribution < -0.4 is 0 Å². The molecular formula is C9H13NO3S2. The van der Waals surface area contributed by atoms with Crippen LogP contribution in [-0.2, 0) is 11.3 Å². The second kappa shape index (κ2) is 5.87. The maximum atomic E-state index is 10.2. The molecule has 0 aliphatic heterocycles. The standard InChI is InChI=1S/C9H13NO3S2/c11-7-6-15-9(14)10(7)5-3-1-2-4-8(12)13/h6,11H,1-5H2,(H,12,13). The highest BCUT2D eigenvalue weighted by Gasteiger charge is 2.02. The molecule has 0 amide bonds. The maximum absolute atomic E-state index is 10.2. The van der Waals surface area contributed by atoms with Crippen LogP contribution in [0.5, 0.6) is 5.88 Å². The lowest BCUT2D eigenvalue weighted by molar-refractivity contribution is -0.137. The van der Waals surface area contributed by atoms with Crippen molar-refractivity contribution in [3.8, 4) is 5.88 Å². The maximum Gasteiger partial charge on any atom is 0.303 e. The van der Waals surface area contributed by atoms with Crippen molar-refractivity contribution in [3.05, 3.63) is 9.33 Å². The summed E-state index contributed by atoms with van der Waals surface area (Å²) < 4.78 is 2.33. The number of hydrogen-bond acceptors (Lipinski definition) is 4. The van der Waals surface area contributed by atoms with Crippen molar-refractivity contribution in [3.63, 3.8) is 0 Å². The lowest BCUT2D eigenvalue weighted by Crippen LogP contribution is -1.98. The second-order valence-corrected chi connectivity index (χ2v) is 4.72. The predicted octanol–water partition coefficient (Wildman–Crippen LogP) is 2.63. The summed E-state index contributed by atoms with van der Waals surface area (Å²) in [5.74, 6) is -0.562. The Hall–Kier alpha value is -0.880. The van der Waals surface area contributed by atoms with Crippen molar-refractivity contribution >= 4 is 29.5 Å². The number of carboxylic acids is 1.